The summed E-state index contributed by atoms with van der Waals surface area (Å²) in [6.45, 7) is 0.996. The molecule has 0 aliphatic carbocycles. The summed E-state index contributed by atoms with van der Waals surface area (Å²) < 4.78 is 13.1. The fourth-order valence-electron chi connectivity index (χ4n) is 3.13. The molecule has 32 heavy (non-hydrogen) atoms. The molecule has 162 valence electrons. The van der Waals surface area contributed by atoms with Gasteiger partial charge in [0.2, 0.25) is 0 Å². The van der Waals surface area contributed by atoms with E-state index in [1.165, 1.54) is 0 Å². The number of ether oxygens (including phenoxy) is 2. The van der Waals surface area contributed by atoms with Crippen LogP contribution in [0.4, 0.5) is 0 Å². The Morgan fingerprint density at radius 3 is 2.19 bits per heavy atom. The molecule has 0 bridgehead atoms. The van der Waals surface area contributed by atoms with E-state index in [0.29, 0.717) is 25.3 Å². The first-order valence-corrected chi connectivity index (χ1v) is 10.5. The van der Waals surface area contributed by atoms with Crippen LogP contribution < -0.4 is 14.8 Å². The van der Waals surface area contributed by atoms with Crippen molar-refractivity contribution in [1.82, 2.24) is 15.1 Å². The second-order valence-electron chi connectivity index (χ2n) is 7.26. The molecule has 0 unspecified atom stereocenters. The fraction of sp³-hybridized carbons (Fsp3) is 0.154. The van der Waals surface area contributed by atoms with Gasteiger partial charge < -0.3 is 14.8 Å². The van der Waals surface area contributed by atoms with Crippen LogP contribution in [-0.2, 0) is 17.8 Å². The number of nitrogens with zero attached hydrogens (tertiary/aromatic N) is 2. The van der Waals surface area contributed by atoms with Gasteiger partial charge in [-0.25, -0.2) is 4.68 Å². The standard InChI is InChI=1S/C26H25N3O3/c30-26(27-16-15-22-17-28-29(18-22)23-9-5-2-6-10-23)20-32-25-13-11-24(12-14-25)31-19-21-7-3-1-4-8-21/h1-14,17-18H,15-16,19-20H2,(H,27,30). The van der Waals surface area contributed by atoms with E-state index in [2.05, 4.69) is 10.4 Å². The summed E-state index contributed by atoms with van der Waals surface area (Å²) in [5.74, 6) is 1.21. The van der Waals surface area contributed by atoms with Gasteiger partial charge >= 0.3 is 0 Å². The quantitative estimate of drug-likeness (QED) is 0.412. The Morgan fingerprint density at radius 2 is 1.47 bits per heavy atom. The minimum Gasteiger partial charge on any atom is -0.489 e. The first-order chi connectivity index (χ1) is 15.8. The van der Waals surface area contributed by atoms with E-state index in [1.807, 2.05) is 89.9 Å². The number of hydrogen-bond donors (Lipinski definition) is 1. The van der Waals surface area contributed by atoms with Gasteiger partial charge in [0.05, 0.1) is 11.9 Å². The molecule has 0 radical (unpaired) electrons. The van der Waals surface area contributed by atoms with Crippen molar-refractivity contribution in [2.75, 3.05) is 13.2 Å². The molecule has 6 nitrogen and oxygen atoms in total. The summed E-state index contributed by atoms with van der Waals surface area (Å²) in [6.07, 6.45) is 4.49. The van der Waals surface area contributed by atoms with Crippen LogP contribution in [0.1, 0.15) is 11.1 Å². The van der Waals surface area contributed by atoms with E-state index in [-0.39, 0.29) is 12.5 Å². The Balaban J connectivity index is 1.15. The number of hydrogen-bond acceptors (Lipinski definition) is 4. The molecule has 0 fully saturated rings. The van der Waals surface area contributed by atoms with Crippen LogP contribution in [0.15, 0.2) is 97.3 Å². The molecule has 1 aromatic heterocycles. The smallest absolute Gasteiger partial charge is 0.257 e. The lowest BCUT2D eigenvalue weighted by molar-refractivity contribution is -0.123. The number of nitrogens with one attached hydrogen (secondary N) is 1. The van der Waals surface area contributed by atoms with Gasteiger partial charge in [-0.2, -0.15) is 5.10 Å². The monoisotopic (exact) mass is 427 g/mol. The fourth-order valence-corrected chi connectivity index (χ4v) is 3.13. The van der Waals surface area contributed by atoms with E-state index < -0.39 is 0 Å². The third kappa shape index (κ3) is 6.22. The molecule has 0 spiro atoms. The maximum absolute atomic E-state index is 12.1. The zero-order valence-electron chi connectivity index (χ0n) is 17.7. The van der Waals surface area contributed by atoms with Crippen molar-refractivity contribution in [1.29, 1.82) is 0 Å². The van der Waals surface area contributed by atoms with Crippen molar-refractivity contribution < 1.29 is 14.3 Å². The lowest BCUT2D eigenvalue weighted by Crippen LogP contribution is -2.30. The first kappa shape index (κ1) is 21.2. The average Bonchev–Trinajstić information content (AvgIpc) is 3.32. The van der Waals surface area contributed by atoms with Crippen LogP contribution in [0.3, 0.4) is 0 Å². The topological polar surface area (TPSA) is 65.4 Å². The molecule has 4 aromatic rings. The lowest BCUT2D eigenvalue weighted by atomic mass is 10.2. The van der Waals surface area contributed by atoms with Gasteiger partial charge in [0.1, 0.15) is 18.1 Å². The molecule has 0 saturated carbocycles. The van der Waals surface area contributed by atoms with Crippen molar-refractivity contribution in [2.45, 2.75) is 13.0 Å². The summed E-state index contributed by atoms with van der Waals surface area (Å²) in [5, 5.41) is 7.24. The third-order valence-electron chi connectivity index (χ3n) is 4.83. The summed E-state index contributed by atoms with van der Waals surface area (Å²) in [7, 11) is 0. The van der Waals surface area contributed by atoms with Crippen LogP contribution in [0.25, 0.3) is 5.69 Å². The second kappa shape index (κ2) is 10.8. The Morgan fingerprint density at radius 1 is 0.812 bits per heavy atom. The first-order valence-electron chi connectivity index (χ1n) is 10.5. The maximum Gasteiger partial charge on any atom is 0.257 e. The molecule has 1 heterocycles. The highest BCUT2D eigenvalue weighted by atomic mass is 16.5. The molecule has 6 heteroatoms. The number of aromatic nitrogens is 2. The molecule has 0 aliphatic rings. The molecule has 4 rings (SSSR count). The Hall–Kier alpha value is -4.06. The molecule has 0 saturated heterocycles. The van der Waals surface area contributed by atoms with Crippen LogP contribution in [-0.4, -0.2) is 28.8 Å². The van der Waals surface area contributed by atoms with E-state index in [4.69, 9.17) is 9.47 Å². The summed E-state index contributed by atoms with van der Waals surface area (Å²) >= 11 is 0. The highest BCUT2D eigenvalue weighted by Crippen LogP contribution is 2.18. The molecule has 1 amide bonds. The molecule has 1 N–H and O–H groups in total. The summed E-state index contributed by atoms with van der Waals surface area (Å²) in [4.78, 5) is 12.1. The summed E-state index contributed by atoms with van der Waals surface area (Å²) in [5.41, 5.74) is 3.17. The maximum atomic E-state index is 12.1. The Labute approximate surface area is 187 Å². The minimum absolute atomic E-state index is 0.0342. The van der Waals surface area contributed by atoms with E-state index in [0.717, 1.165) is 22.6 Å². The van der Waals surface area contributed by atoms with E-state index >= 15 is 0 Å². The van der Waals surface area contributed by atoms with Gasteiger partial charge in [-0.05, 0) is 53.9 Å². The number of para-hydroxylation sites is 1. The zero-order valence-corrected chi connectivity index (χ0v) is 17.7. The van der Waals surface area contributed by atoms with Gasteiger partial charge in [-0.15, -0.1) is 0 Å². The van der Waals surface area contributed by atoms with Crippen LogP contribution in [0.5, 0.6) is 11.5 Å². The number of benzene rings is 3. The van der Waals surface area contributed by atoms with Gasteiger partial charge in [-0.1, -0.05) is 48.5 Å². The number of amides is 1. The Bertz CT molecular complexity index is 1110. The number of rotatable bonds is 10. The van der Waals surface area contributed by atoms with E-state index in [1.54, 1.807) is 12.1 Å². The third-order valence-corrected chi connectivity index (χ3v) is 4.83. The van der Waals surface area contributed by atoms with Gasteiger partial charge in [0.25, 0.3) is 5.91 Å². The predicted molar refractivity (Wildman–Crippen MR) is 123 cm³/mol. The van der Waals surface area contributed by atoms with Crippen LogP contribution in [0.2, 0.25) is 0 Å². The van der Waals surface area contributed by atoms with Crippen molar-refractivity contribution >= 4 is 5.91 Å². The average molecular weight is 428 g/mol. The highest BCUT2D eigenvalue weighted by Gasteiger charge is 2.05. The van der Waals surface area contributed by atoms with E-state index in [9.17, 15) is 4.79 Å². The van der Waals surface area contributed by atoms with Crippen LogP contribution >= 0.6 is 0 Å². The summed E-state index contributed by atoms with van der Waals surface area (Å²) in [6, 6.07) is 27.2. The van der Waals surface area contributed by atoms with Crippen molar-refractivity contribution in [2.24, 2.45) is 0 Å². The SMILES string of the molecule is O=C(COc1ccc(OCc2ccccc2)cc1)NCCc1cnn(-c2ccccc2)c1. The van der Waals surface area contributed by atoms with Gasteiger partial charge in [0.15, 0.2) is 6.61 Å². The molecular formula is C26H25N3O3. The number of carbonyl (C=O) groups excluding carboxylic acids is 1. The zero-order chi connectivity index (χ0) is 22.0. The van der Waals surface area contributed by atoms with Crippen LogP contribution in [0, 0.1) is 0 Å². The minimum atomic E-state index is -0.162. The Kier molecular flexibility index (Phi) is 7.16. The largest absolute Gasteiger partial charge is 0.489 e. The normalized spacial score (nSPS) is 10.5. The van der Waals surface area contributed by atoms with Crippen molar-refractivity contribution in [3.8, 4) is 17.2 Å². The van der Waals surface area contributed by atoms with Gasteiger partial charge in [0, 0.05) is 12.7 Å². The number of carbonyl (C=O) groups is 1. The highest BCUT2D eigenvalue weighted by molar-refractivity contribution is 5.77. The van der Waals surface area contributed by atoms with Gasteiger partial charge in [-0.3, -0.25) is 4.79 Å². The molecule has 0 aliphatic heterocycles. The van der Waals surface area contributed by atoms with Crippen molar-refractivity contribution in [3.63, 3.8) is 0 Å². The molecule has 0 atom stereocenters. The second-order valence-corrected chi connectivity index (χ2v) is 7.26. The predicted octanol–water partition coefficient (Wildman–Crippen LogP) is 4.19. The molecular weight excluding hydrogens is 402 g/mol. The molecule has 3 aromatic carbocycles. The lowest BCUT2D eigenvalue weighted by Gasteiger charge is -2.09. The van der Waals surface area contributed by atoms with Crippen molar-refractivity contribution in [3.05, 3.63) is 108 Å².